The minimum atomic E-state index is 0.480. The van der Waals surface area contributed by atoms with E-state index in [-0.39, 0.29) is 0 Å². The first-order valence-electron chi connectivity index (χ1n) is 4.24. The molecule has 16 heavy (non-hydrogen) atoms. The quantitative estimate of drug-likeness (QED) is 0.748. The Morgan fingerprint density at radius 1 is 1.12 bits per heavy atom. The third-order valence-corrected chi connectivity index (χ3v) is 2.86. The van der Waals surface area contributed by atoms with Crippen LogP contribution in [0.5, 0.6) is 11.6 Å². The van der Waals surface area contributed by atoms with E-state index >= 15 is 0 Å². The Morgan fingerprint density at radius 3 is 2.44 bits per heavy atom. The molecular weight excluding hydrogens is 362 g/mol. The minimum absolute atomic E-state index is 0.480. The predicted octanol–water partition coefficient (Wildman–Crippen LogP) is 4.18. The van der Waals surface area contributed by atoms with E-state index in [1.165, 1.54) is 6.33 Å². The molecule has 0 atom stereocenters. The molecule has 2 aromatic rings. The van der Waals surface area contributed by atoms with Gasteiger partial charge in [-0.05, 0) is 40.8 Å². The summed E-state index contributed by atoms with van der Waals surface area (Å²) in [4.78, 5) is 7.88. The zero-order valence-corrected chi connectivity index (χ0v) is 11.5. The van der Waals surface area contributed by atoms with E-state index in [2.05, 4.69) is 32.6 Å². The summed E-state index contributed by atoms with van der Waals surface area (Å²) in [7, 11) is 0. The second-order valence-electron chi connectivity index (χ2n) is 2.88. The molecule has 1 aromatic heterocycles. The van der Waals surface area contributed by atoms with Gasteiger partial charge in [0.1, 0.15) is 12.1 Å². The lowest BCUT2D eigenvalue weighted by Gasteiger charge is -2.06. The van der Waals surface area contributed by atoms with Gasteiger partial charge in [0.25, 0.3) is 0 Å². The molecule has 0 bridgehead atoms. The molecule has 0 saturated heterocycles. The van der Waals surface area contributed by atoms with Gasteiger partial charge in [-0.3, -0.25) is 0 Å². The van der Waals surface area contributed by atoms with Crippen molar-refractivity contribution >= 4 is 45.8 Å². The van der Waals surface area contributed by atoms with E-state index in [1.54, 1.807) is 24.4 Å². The van der Waals surface area contributed by atoms with Crippen molar-refractivity contribution in [3.63, 3.8) is 0 Å². The van der Waals surface area contributed by atoms with Crippen LogP contribution in [0.1, 0.15) is 0 Å². The second kappa shape index (κ2) is 5.16. The van der Waals surface area contributed by atoms with Crippen molar-refractivity contribution in [3.8, 4) is 11.6 Å². The van der Waals surface area contributed by atoms with Gasteiger partial charge in [-0.25, -0.2) is 9.97 Å². The average Bonchev–Trinajstić information content (AvgIpc) is 2.20. The zero-order valence-electron chi connectivity index (χ0n) is 7.82. The van der Waals surface area contributed by atoms with E-state index in [9.17, 15) is 0 Å². The summed E-state index contributed by atoms with van der Waals surface area (Å²) in [6.45, 7) is 0. The Kier molecular flexibility index (Phi) is 3.83. The lowest BCUT2D eigenvalue weighted by Crippen LogP contribution is -1.91. The number of ether oxygens (including phenoxy) is 1. The number of hydrogen-bond acceptors (Lipinski definition) is 3. The summed E-state index contributed by atoms with van der Waals surface area (Å²) >= 11 is 13.8. The molecule has 0 N–H and O–H groups in total. The van der Waals surface area contributed by atoms with Crippen LogP contribution in [0.4, 0.5) is 0 Å². The Morgan fingerprint density at radius 2 is 1.81 bits per heavy atom. The summed E-state index contributed by atoms with van der Waals surface area (Å²) in [5.74, 6) is 1.03. The molecule has 6 heteroatoms. The van der Waals surface area contributed by atoms with Crippen molar-refractivity contribution in [2.45, 2.75) is 0 Å². The molecule has 0 radical (unpaired) electrons. The van der Waals surface area contributed by atoms with E-state index < -0.39 is 0 Å². The molecule has 82 valence electrons. The van der Waals surface area contributed by atoms with Gasteiger partial charge < -0.3 is 4.74 Å². The van der Waals surface area contributed by atoms with Crippen molar-refractivity contribution < 1.29 is 4.74 Å². The standard InChI is InChI=1S/C10H5Cl2IN2O/c11-6-1-7(12)3-8(2-6)16-10-9(13)4-14-5-15-10/h1-5H. The number of hydrogen-bond donors (Lipinski definition) is 0. The van der Waals surface area contributed by atoms with Gasteiger partial charge >= 0.3 is 0 Å². The van der Waals surface area contributed by atoms with Crippen LogP contribution in [0.2, 0.25) is 10.0 Å². The maximum absolute atomic E-state index is 5.86. The van der Waals surface area contributed by atoms with Crippen LogP contribution in [0, 0.1) is 3.57 Å². The molecule has 1 heterocycles. The Balaban J connectivity index is 2.30. The summed E-state index contributed by atoms with van der Waals surface area (Å²) < 4.78 is 6.36. The summed E-state index contributed by atoms with van der Waals surface area (Å²) in [6, 6.07) is 4.98. The maximum Gasteiger partial charge on any atom is 0.235 e. The number of halogens is 3. The van der Waals surface area contributed by atoms with Crippen LogP contribution in [0.3, 0.4) is 0 Å². The molecular formula is C10H5Cl2IN2O. The lowest BCUT2D eigenvalue weighted by atomic mass is 10.3. The van der Waals surface area contributed by atoms with Crippen molar-refractivity contribution in [1.29, 1.82) is 0 Å². The molecule has 0 aliphatic carbocycles. The predicted molar refractivity (Wildman–Crippen MR) is 71.3 cm³/mol. The largest absolute Gasteiger partial charge is 0.438 e. The van der Waals surface area contributed by atoms with Gasteiger partial charge in [-0.2, -0.15) is 0 Å². The topological polar surface area (TPSA) is 35.0 Å². The Labute approximate surface area is 116 Å². The van der Waals surface area contributed by atoms with Crippen LogP contribution < -0.4 is 4.74 Å². The molecule has 1 aromatic carbocycles. The summed E-state index contributed by atoms with van der Waals surface area (Å²) in [5, 5.41) is 1.04. The molecule has 0 amide bonds. The smallest absolute Gasteiger partial charge is 0.235 e. The van der Waals surface area contributed by atoms with Crippen molar-refractivity contribution in [2.24, 2.45) is 0 Å². The number of aromatic nitrogens is 2. The van der Waals surface area contributed by atoms with Gasteiger partial charge in [0, 0.05) is 16.2 Å². The van der Waals surface area contributed by atoms with Crippen molar-refractivity contribution in [1.82, 2.24) is 9.97 Å². The highest BCUT2D eigenvalue weighted by molar-refractivity contribution is 14.1. The van der Waals surface area contributed by atoms with Gasteiger partial charge in [0.2, 0.25) is 5.88 Å². The number of benzene rings is 1. The third kappa shape index (κ3) is 2.96. The fourth-order valence-corrected chi connectivity index (χ4v) is 1.99. The highest BCUT2D eigenvalue weighted by Crippen LogP contribution is 2.28. The summed E-state index contributed by atoms with van der Waals surface area (Å²) in [6.07, 6.45) is 3.08. The van der Waals surface area contributed by atoms with Gasteiger partial charge in [-0.1, -0.05) is 23.2 Å². The number of rotatable bonds is 2. The van der Waals surface area contributed by atoms with Gasteiger partial charge in [0.15, 0.2) is 0 Å². The second-order valence-corrected chi connectivity index (χ2v) is 4.92. The van der Waals surface area contributed by atoms with Gasteiger partial charge in [-0.15, -0.1) is 0 Å². The molecule has 3 nitrogen and oxygen atoms in total. The monoisotopic (exact) mass is 366 g/mol. The average molecular weight is 367 g/mol. The Hall–Kier alpha value is -0.590. The van der Waals surface area contributed by atoms with E-state index in [0.717, 1.165) is 3.57 Å². The van der Waals surface area contributed by atoms with E-state index in [1.807, 2.05) is 0 Å². The fraction of sp³-hybridized carbons (Fsp3) is 0. The molecule has 0 saturated carbocycles. The zero-order chi connectivity index (χ0) is 11.5. The third-order valence-electron chi connectivity index (χ3n) is 1.68. The molecule has 0 unspecified atom stereocenters. The summed E-state index contributed by atoms with van der Waals surface area (Å²) in [5.41, 5.74) is 0. The molecule has 0 fully saturated rings. The molecule has 0 aliphatic rings. The van der Waals surface area contributed by atoms with Crippen LogP contribution >= 0.6 is 45.8 Å². The Bertz CT molecular complexity index is 502. The molecule has 0 aliphatic heterocycles. The van der Waals surface area contributed by atoms with Crippen LogP contribution in [0.25, 0.3) is 0 Å². The first kappa shape index (κ1) is 11.9. The number of nitrogens with zero attached hydrogens (tertiary/aromatic N) is 2. The van der Waals surface area contributed by atoms with Crippen LogP contribution in [-0.2, 0) is 0 Å². The minimum Gasteiger partial charge on any atom is -0.438 e. The molecule has 0 spiro atoms. The highest BCUT2D eigenvalue weighted by atomic mass is 127. The fourth-order valence-electron chi connectivity index (χ4n) is 1.08. The first-order chi connectivity index (χ1) is 7.65. The van der Waals surface area contributed by atoms with Gasteiger partial charge in [0.05, 0.1) is 3.57 Å². The van der Waals surface area contributed by atoms with E-state index in [4.69, 9.17) is 27.9 Å². The normalized spacial score (nSPS) is 10.2. The molecule has 2 rings (SSSR count). The first-order valence-corrected chi connectivity index (χ1v) is 6.08. The van der Waals surface area contributed by atoms with Crippen LogP contribution in [-0.4, -0.2) is 9.97 Å². The highest BCUT2D eigenvalue weighted by Gasteiger charge is 2.05. The SMILES string of the molecule is Clc1cc(Cl)cc(Oc2ncncc2I)c1. The van der Waals surface area contributed by atoms with Crippen molar-refractivity contribution in [2.75, 3.05) is 0 Å². The van der Waals surface area contributed by atoms with Crippen molar-refractivity contribution in [3.05, 3.63) is 44.3 Å². The van der Waals surface area contributed by atoms with E-state index in [0.29, 0.717) is 21.7 Å². The maximum atomic E-state index is 5.86. The lowest BCUT2D eigenvalue weighted by molar-refractivity contribution is 0.457. The van der Waals surface area contributed by atoms with Crippen LogP contribution in [0.15, 0.2) is 30.7 Å².